The quantitative estimate of drug-likeness (QED) is 0.755. The SMILES string of the molecule is NC(=O)Nc1ccc(NC(=O)/C=C/c2ccc(Cl)cc2)cc1. The fourth-order valence-electron chi connectivity index (χ4n) is 1.71. The number of hydrogen-bond donors (Lipinski definition) is 3. The number of nitrogens with one attached hydrogen (secondary N) is 2. The first kappa shape index (κ1) is 15.6. The van der Waals surface area contributed by atoms with E-state index >= 15 is 0 Å². The van der Waals surface area contributed by atoms with Crippen LogP contribution in [0.15, 0.2) is 54.6 Å². The normalized spacial score (nSPS) is 10.4. The third-order valence-corrected chi connectivity index (χ3v) is 2.97. The molecule has 0 unspecified atom stereocenters. The number of amides is 3. The van der Waals surface area contributed by atoms with Gasteiger partial charge >= 0.3 is 6.03 Å². The smallest absolute Gasteiger partial charge is 0.316 e. The average Bonchev–Trinajstić information content (AvgIpc) is 2.48. The van der Waals surface area contributed by atoms with Gasteiger partial charge in [-0.15, -0.1) is 0 Å². The van der Waals surface area contributed by atoms with Gasteiger partial charge in [0.25, 0.3) is 0 Å². The fraction of sp³-hybridized carbons (Fsp3) is 0. The second-order valence-corrected chi connectivity index (χ2v) is 4.88. The molecule has 6 heteroatoms. The number of rotatable bonds is 4. The van der Waals surface area contributed by atoms with Crippen LogP contribution in [0.1, 0.15) is 5.56 Å². The maximum Gasteiger partial charge on any atom is 0.316 e. The molecule has 112 valence electrons. The third kappa shape index (κ3) is 4.96. The molecule has 0 aliphatic carbocycles. The molecular weight excluding hydrogens is 302 g/mol. The van der Waals surface area contributed by atoms with Crippen LogP contribution in [0.5, 0.6) is 0 Å². The average molecular weight is 316 g/mol. The summed E-state index contributed by atoms with van der Waals surface area (Å²) >= 11 is 5.79. The molecule has 0 atom stereocenters. The number of carbonyl (C=O) groups excluding carboxylic acids is 2. The van der Waals surface area contributed by atoms with Gasteiger partial charge in [-0.05, 0) is 48.0 Å². The van der Waals surface area contributed by atoms with Crippen LogP contribution >= 0.6 is 11.6 Å². The van der Waals surface area contributed by atoms with Crippen molar-refractivity contribution in [2.75, 3.05) is 10.6 Å². The Morgan fingerprint density at radius 3 is 2.00 bits per heavy atom. The largest absolute Gasteiger partial charge is 0.351 e. The van der Waals surface area contributed by atoms with E-state index in [4.69, 9.17) is 17.3 Å². The van der Waals surface area contributed by atoms with E-state index in [1.54, 1.807) is 42.5 Å². The van der Waals surface area contributed by atoms with Crippen LogP contribution < -0.4 is 16.4 Å². The van der Waals surface area contributed by atoms with Gasteiger partial charge in [-0.1, -0.05) is 23.7 Å². The van der Waals surface area contributed by atoms with Crippen molar-refractivity contribution in [1.29, 1.82) is 0 Å². The number of benzene rings is 2. The molecule has 0 fully saturated rings. The fourth-order valence-corrected chi connectivity index (χ4v) is 1.83. The van der Waals surface area contributed by atoms with E-state index in [9.17, 15) is 9.59 Å². The first-order valence-electron chi connectivity index (χ1n) is 6.44. The van der Waals surface area contributed by atoms with Crippen LogP contribution in [0.4, 0.5) is 16.2 Å². The predicted octanol–water partition coefficient (Wildman–Crippen LogP) is 3.48. The maximum atomic E-state index is 11.8. The van der Waals surface area contributed by atoms with Crippen molar-refractivity contribution >= 4 is 41.0 Å². The Morgan fingerprint density at radius 1 is 0.909 bits per heavy atom. The van der Waals surface area contributed by atoms with Gasteiger partial charge < -0.3 is 16.4 Å². The van der Waals surface area contributed by atoms with Crippen molar-refractivity contribution in [1.82, 2.24) is 0 Å². The summed E-state index contributed by atoms with van der Waals surface area (Å²) in [5.41, 5.74) is 7.06. The van der Waals surface area contributed by atoms with Crippen LogP contribution in [0.25, 0.3) is 6.08 Å². The first-order valence-corrected chi connectivity index (χ1v) is 6.82. The number of carbonyl (C=O) groups is 2. The number of primary amides is 1. The Bertz CT molecular complexity index is 694. The van der Waals surface area contributed by atoms with E-state index in [0.29, 0.717) is 16.4 Å². The van der Waals surface area contributed by atoms with Crippen LogP contribution in [0.3, 0.4) is 0 Å². The Kier molecular flexibility index (Phi) is 5.16. The number of halogens is 1. The van der Waals surface area contributed by atoms with E-state index in [0.717, 1.165) is 5.56 Å². The minimum Gasteiger partial charge on any atom is -0.351 e. The summed E-state index contributed by atoms with van der Waals surface area (Å²) in [7, 11) is 0. The van der Waals surface area contributed by atoms with E-state index in [1.165, 1.54) is 6.08 Å². The van der Waals surface area contributed by atoms with Crippen molar-refractivity contribution in [3.63, 3.8) is 0 Å². The summed E-state index contributed by atoms with van der Waals surface area (Å²) < 4.78 is 0. The van der Waals surface area contributed by atoms with E-state index in [2.05, 4.69) is 10.6 Å². The molecule has 0 bridgehead atoms. The molecule has 22 heavy (non-hydrogen) atoms. The molecule has 3 amide bonds. The molecule has 0 spiro atoms. The lowest BCUT2D eigenvalue weighted by atomic mass is 10.2. The highest BCUT2D eigenvalue weighted by Crippen LogP contribution is 2.14. The number of nitrogens with two attached hydrogens (primary N) is 1. The van der Waals surface area contributed by atoms with Crippen LogP contribution in [-0.2, 0) is 4.79 Å². The van der Waals surface area contributed by atoms with Gasteiger partial charge in [-0.3, -0.25) is 4.79 Å². The van der Waals surface area contributed by atoms with E-state index in [1.807, 2.05) is 12.1 Å². The molecule has 0 radical (unpaired) electrons. The standard InChI is InChI=1S/C16H14ClN3O2/c17-12-4-1-11(2-5-12)3-10-15(21)19-13-6-8-14(9-7-13)20-16(18)22/h1-10H,(H,19,21)(H3,18,20,22)/b10-3+. The van der Waals surface area contributed by atoms with Crippen LogP contribution in [0, 0.1) is 0 Å². The second-order valence-electron chi connectivity index (χ2n) is 4.44. The zero-order valence-electron chi connectivity index (χ0n) is 11.5. The van der Waals surface area contributed by atoms with Gasteiger partial charge in [-0.25, -0.2) is 4.79 Å². The van der Waals surface area contributed by atoms with Crippen molar-refractivity contribution in [3.8, 4) is 0 Å². The van der Waals surface area contributed by atoms with Gasteiger partial charge in [0, 0.05) is 22.5 Å². The van der Waals surface area contributed by atoms with Gasteiger partial charge in [0.15, 0.2) is 0 Å². The zero-order chi connectivity index (χ0) is 15.9. The molecule has 0 heterocycles. The molecule has 0 saturated heterocycles. The third-order valence-electron chi connectivity index (χ3n) is 2.72. The minimum atomic E-state index is -0.636. The summed E-state index contributed by atoms with van der Waals surface area (Å²) in [4.78, 5) is 22.5. The Morgan fingerprint density at radius 2 is 1.45 bits per heavy atom. The molecule has 0 aliphatic rings. The Balaban J connectivity index is 1.94. The van der Waals surface area contributed by atoms with Crippen molar-refractivity contribution in [2.45, 2.75) is 0 Å². The van der Waals surface area contributed by atoms with E-state index < -0.39 is 6.03 Å². The topological polar surface area (TPSA) is 84.2 Å². The Hall–Kier alpha value is -2.79. The summed E-state index contributed by atoms with van der Waals surface area (Å²) in [5.74, 6) is -0.259. The molecular formula is C16H14ClN3O2. The minimum absolute atomic E-state index is 0.259. The Labute approximate surface area is 132 Å². The van der Waals surface area contributed by atoms with Crippen LogP contribution in [-0.4, -0.2) is 11.9 Å². The number of urea groups is 1. The summed E-state index contributed by atoms with van der Waals surface area (Å²) in [5, 5.41) is 5.79. The first-order chi connectivity index (χ1) is 10.5. The molecule has 0 saturated carbocycles. The molecule has 4 N–H and O–H groups in total. The predicted molar refractivity (Wildman–Crippen MR) is 88.8 cm³/mol. The lowest BCUT2D eigenvalue weighted by molar-refractivity contribution is -0.111. The van der Waals surface area contributed by atoms with Crippen molar-refractivity contribution in [2.24, 2.45) is 5.73 Å². The maximum absolute atomic E-state index is 11.8. The lowest BCUT2D eigenvalue weighted by Crippen LogP contribution is -2.19. The highest BCUT2D eigenvalue weighted by atomic mass is 35.5. The van der Waals surface area contributed by atoms with Crippen molar-refractivity contribution < 1.29 is 9.59 Å². The molecule has 0 aliphatic heterocycles. The van der Waals surface area contributed by atoms with Crippen LogP contribution in [0.2, 0.25) is 5.02 Å². The second kappa shape index (κ2) is 7.28. The van der Waals surface area contributed by atoms with Gasteiger partial charge in [0.2, 0.25) is 5.91 Å². The highest BCUT2D eigenvalue weighted by Gasteiger charge is 2.00. The van der Waals surface area contributed by atoms with Gasteiger partial charge in [0.05, 0.1) is 0 Å². The molecule has 5 nitrogen and oxygen atoms in total. The molecule has 0 aromatic heterocycles. The highest BCUT2D eigenvalue weighted by molar-refractivity contribution is 6.30. The summed E-state index contributed by atoms with van der Waals surface area (Å²) in [6, 6.07) is 13.1. The molecule has 2 aromatic carbocycles. The van der Waals surface area contributed by atoms with Gasteiger partial charge in [-0.2, -0.15) is 0 Å². The number of hydrogen-bond acceptors (Lipinski definition) is 2. The van der Waals surface area contributed by atoms with E-state index in [-0.39, 0.29) is 5.91 Å². The monoisotopic (exact) mass is 315 g/mol. The number of anilines is 2. The zero-order valence-corrected chi connectivity index (χ0v) is 12.3. The lowest BCUT2D eigenvalue weighted by Gasteiger charge is -2.04. The van der Waals surface area contributed by atoms with Gasteiger partial charge in [0.1, 0.15) is 0 Å². The summed E-state index contributed by atoms with van der Waals surface area (Å²) in [6.45, 7) is 0. The summed E-state index contributed by atoms with van der Waals surface area (Å²) in [6.07, 6.45) is 3.12. The molecule has 2 rings (SSSR count). The van der Waals surface area contributed by atoms with Crippen molar-refractivity contribution in [3.05, 3.63) is 65.2 Å². The molecule has 2 aromatic rings.